The van der Waals surface area contributed by atoms with Crippen LogP contribution in [0.4, 0.5) is 30.7 Å². The molecule has 0 N–H and O–H groups in total. The highest BCUT2D eigenvalue weighted by atomic mass is 19.2. The summed E-state index contributed by atoms with van der Waals surface area (Å²) in [5.74, 6) is -4.24. The third-order valence-electron chi connectivity index (χ3n) is 22.2. The molecule has 0 bridgehead atoms. The summed E-state index contributed by atoms with van der Waals surface area (Å²) >= 11 is 0. The molecular formula is C100H77F7N8O4+4. The molecule has 8 aromatic carbocycles. The van der Waals surface area contributed by atoms with E-state index in [4.69, 9.17) is 17.7 Å². The molecule has 0 amide bonds. The van der Waals surface area contributed by atoms with Crippen LogP contribution in [0, 0.1) is 96.6 Å². The Bertz CT molecular complexity index is 7520. The quantitative estimate of drug-likeness (QED) is 0.0838. The first-order valence-corrected chi connectivity index (χ1v) is 38.6. The molecule has 20 aromatic rings. The molecule has 586 valence electrons. The SMILES string of the molecule is Cc1cc(-c2c(C)cc(F)c3c2oc2nc(F)ccc23)[n+](C)cc1-c1ccccc1.Cc1ccccc1-c1ccc(-c2c(C)cc(F)c3c2oc2nc(F)ccc23)[n+](C)c1.Cc1ccccc1-c1ccc(-c2c(C)ccc3c2oc2nc(F)cc(F)c23)[n+](C)c1.Cc1ccccc1-c1ccc(-c2c(C)ccc3c2oc2nc(F)ccc23)[n+](C)c1. The average molecular weight is 1590 g/mol. The van der Waals surface area contributed by atoms with Crippen molar-refractivity contribution in [3.8, 4) is 89.5 Å². The van der Waals surface area contributed by atoms with E-state index in [0.29, 0.717) is 49.4 Å². The number of furan rings is 4. The standard InChI is InChI=1S/3C25H19F2N2O.C25H20FN2O/c1-14-6-4-5-7-17(14)16-8-10-20(29(3)13-16)22-15(2)12-19(26)23-18-9-11-21(27)28-25(18)30-24(22)23;1-14-6-4-5-7-17(14)16-9-11-20(29(3)13-16)22-15(2)8-10-18-23-19(26)12-21(27)28-25(23)30-24(18)22;1-14-12-20(29(3)13-18(14)16-7-5-4-6-8-16)22-15(2)11-19(26)23-17-9-10-21(27)28-25(17)30-24(22)23;1-15-6-4-5-7-18(15)17-9-12-21(28(3)14-17)23-16(2)8-10-19-20-11-13-22(26)27-25(20)29-24(19)23/h3*4-13H,1-3H3;4-14H,1-3H3/q4*+1. The van der Waals surface area contributed by atoms with Crippen LogP contribution in [-0.4, -0.2) is 19.9 Å². The average Bonchev–Trinajstić information content (AvgIpc) is 1.64. The Morgan fingerprint density at radius 1 is 0.235 bits per heavy atom. The molecule has 0 atom stereocenters. The Hall–Kier alpha value is -14.3. The van der Waals surface area contributed by atoms with E-state index in [0.717, 1.165) is 129 Å². The molecule has 0 saturated heterocycles. The molecule has 19 heteroatoms. The maximum Gasteiger partial charge on any atom is 0.232 e. The second kappa shape index (κ2) is 31.0. The first-order valence-electron chi connectivity index (χ1n) is 38.6. The van der Waals surface area contributed by atoms with Gasteiger partial charge in [-0.1, -0.05) is 127 Å². The number of aromatic nitrogens is 8. The van der Waals surface area contributed by atoms with Gasteiger partial charge in [-0.05, 0) is 189 Å². The number of aryl methyl sites for hydroxylation is 12. The Balaban J connectivity index is 0.000000113. The van der Waals surface area contributed by atoms with E-state index < -0.39 is 41.2 Å². The van der Waals surface area contributed by atoms with Gasteiger partial charge < -0.3 is 17.7 Å². The summed E-state index contributed by atoms with van der Waals surface area (Å²) in [6.45, 7) is 16.1. The van der Waals surface area contributed by atoms with Crippen LogP contribution in [0.25, 0.3) is 178 Å². The predicted molar refractivity (Wildman–Crippen MR) is 452 cm³/mol. The van der Waals surface area contributed by atoms with Gasteiger partial charge in [-0.15, -0.1) is 0 Å². The van der Waals surface area contributed by atoms with Gasteiger partial charge in [0.25, 0.3) is 0 Å². The summed E-state index contributed by atoms with van der Waals surface area (Å²) in [5.41, 5.74) is 26.9. The lowest BCUT2D eigenvalue weighted by atomic mass is 9.96. The van der Waals surface area contributed by atoms with Crippen molar-refractivity contribution >= 4 is 88.3 Å². The molecule has 0 unspecified atom stereocenters. The van der Waals surface area contributed by atoms with Gasteiger partial charge in [0.2, 0.25) is 69.4 Å². The topological polar surface area (TPSA) is 120 Å². The molecule has 0 aliphatic carbocycles. The molecule has 0 fully saturated rings. The Labute approximate surface area is 679 Å². The number of fused-ring (bicyclic) bond motifs is 12. The summed E-state index contributed by atoms with van der Waals surface area (Å²) in [5, 5.41) is 4.11. The van der Waals surface area contributed by atoms with Gasteiger partial charge in [-0.25, -0.2) is 31.4 Å². The normalized spacial score (nSPS) is 11.5. The first kappa shape index (κ1) is 77.3. The monoisotopic (exact) mass is 1590 g/mol. The molecule has 20 rings (SSSR count). The minimum Gasteiger partial charge on any atom is -0.437 e. The van der Waals surface area contributed by atoms with Gasteiger partial charge in [0, 0.05) is 68.7 Å². The number of pyridine rings is 8. The zero-order valence-corrected chi connectivity index (χ0v) is 67.0. The summed E-state index contributed by atoms with van der Waals surface area (Å²) in [4.78, 5) is 15.3. The summed E-state index contributed by atoms with van der Waals surface area (Å²) in [6.07, 6.45) is 8.32. The third kappa shape index (κ3) is 14.2. The summed E-state index contributed by atoms with van der Waals surface area (Å²) < 4.78 is 130. The Kier molecular flexibility index (Phi) is 20.1. The molecule has 0 aliphatic rings. The van der Waals surface area contributed by atoms with Crippen LogP contribution in [0.15, 0.2) is 267 Å². The fourth-order valence-corrected chi connectivity index (χ4v) is 16.4. The second-order valence-electron chi connectivity index (χ2n) is 30.2. The molecule has 12 heterocycles. The zero-order valence-electron chi connectivity index (χ0n) is 67.0. The number of hydrogen-bond donors (Lipinski definition) is 0. The van der Waals surface area contributed by atoms with E-state index in [-0.39, 0.29) is 22.5 Å². The maximum absolute atomic E-state index is 14.9. The van der Waals surface area contributed by atoms with Gasteiger partial charge in [0.05, 0.1) is 49.2 Å². The lowest BCUT2D eigenvalue weighted by molar-refractivity contribution is -0.660. The van der Waals surface area contributed by atoms with Crippen molar-refractivity contribution in [2.75, 3.05) is 0 Å². The number of halogens is 7. The number of hydrogen-bond acceptors (Lipinski definition) is 8. The molecule has 0 saturated carbocycles. The van der Waals surface area contributed by atoms with Crippen molar-refractivity contribution in [2.45, 2.75) is 55.4 Å². The van der Waals surface area contributed by atoms with E-state index in [2.05, 4.69) is 169 Å². The highest BCUT2D eigenvalue weighted by molar-refractivity contribution is 6.12. The van der Waals surface area contributed by atoms with E-state index in [1.54, 1.807) is 12.1 Å². The number of benzene rings is 8. The highest BCUT2D eigenvalue weighted by Gasteiger charge is 2.30. The van der Waals surface area contributed by atoms with Crippen molar-refractivity contribution in [3.63, 3.8) is 0 Å². The van der Waals surface area contributed by atoms with Crippen LogP contribution in [0.1, 0.15) is 44.5 Å². The minimum atomic E-state index is -0.898. The molecule has 0 radical (unpaired) electrons. The lowest BCUT2D eigenvalue weighted by Gasteiger charge is -2.10. The van der Waals surface area contributed by atoms with Crippen LogP contribution < -0.4 is 18.3 Å². The summed E-state index contributed by atoms with van der Waals surface area (Å²) in [7, 11) is 7.91. The van der Waals surface area contributed by atoms with Crippen LogP contribution in [-0.2, 0) is 28.2 Å². The second-order valence-corrected chi connectivity index (χ2v) is 30.2. The third-order valence-corrected chi connectivity index (χ3v) is 22.2. The van der Waals surface area contributed by atoms with Crippen molar-refractivity contribution in [3.05, 3.63) is 335 Å². The molecule has 0 aliphatic heterocycles. The van der Waals surface area contributed by atoms with Gasteiger partial charge in [0.15, 0.2) is 47.1 Å². The molecule has 119 heavy (non-hydrogen) atoms. The number of rotatable bonds is 8. The lowest BCUT2D eigenvalue weighted by Crippen LogP contribution is -2.31. The van der Waals surface area contributed by atoms with Gasteiger partial charge in [-0.3, -0.25) is 0 Å². The van der Waals surface area contributed by atoms with Crippen LogP contribution >= 0.6 is 0 Å². The predicted octanol–water partition coefficient (Wildman–Crippen LogP) is 24.0. The molecule has 12 nitrogen and oxygen atoms in total. The maximum atomic E-state index is 14.9. The molecular weight excluding hydrogens is 1510 g/mol. The fourth-order valence-electron chi connectivity index (χ4n) is 16.4. The van der Waals surface area contributed by atoms with E-state index >= 15 is 0 Å². The largest absolute Gasteiger partial charge is 0.437 e. The van der Waals surface area contributed by atoms with Crippen LogP contribution in [0.2, 0.25) is 0 Å². The van der Waals surface area contributed by atoms with Crippen molar-refractivity contribution in [1.29, 1.82) is 0 Å². The van der Waals surface area contributed by atoms with Crippen LogP contribution in [0.5, 0.6) is 0 Å². The minimum absolute atomic E-state index is 0.0338. The molecule has 0 spiro atoms. The number of nitrogens with zero attached hydrogens (tertiary/aromatic N) is 8. The Morgan fingerprint density at radius 3 is 1.04 bits per heavy atom. The van der Waals surface area contributed by atoms with Crippen molar-refractivity contribution < 1.29 is 66.7 Å². The highest BCUT2D eigenvalue weighted by Crippen LogP contribution is 2.44. The van der Waals surface area contributed by atoms with E-state index in [1.165, 1.54) is 70.3 Å². The smallest absolute Gasteiger partial charge is 0.232 e. The molecule has 12 aromatic heterocycles. The van der Waals surface area contributed by atoms with Gasteiger partial charge in [-0.2, -0.15) is 37.5 Å². The fraction of sp³-hybridized carbons (Fsp3) is 0.120. The van der Waals surface area contributed by atoms with E-state index in [1.807, 2.05) is 142 Å². The first-order chi connectivity index (χ1) is 57.3. The van der Waals surface area contributed by atoms with Crippen molar-refractivity contribution in [1.82, 2.24) is 19.9 Å². The van der Waals surface area contributed by atoms with Gasteiger partial charge >= 0.3 is 0 Å². The van der Waals surface area contributed by atoms with Crippen LogP contribution in [0.3, 0.4) is 0 Å². The van der Waals surface area contributed by atoms with Crippen molar-refractivity contribution in [2.24, 2.45) is 28.2 Å². The summed E-state index contributed by atoms with van der Waals surface area (Å²) in [6, 6.07) is 69.5. The van der Waals surface area contributed by atoms with Gasteiger partial charge in [0.1, 0.15) is 45.6 Å². The van der Waals surface area contributed by atoms with E-state index in [9.17, 15) is 30.7 Å². The Morgan fingerprint density at radius 2 is 0.588 bits per heavy atom. The zero-order chi connectivity index (χ0) is 83.1.